The average molecular weight is 687 g/mol. The predicted molar refractivity (Wildman–Crippen MR) is 196 cm³/mol. The first kappa shape index (κ1) is 37.7. The highest BCUT2D eigenvalue weighted by Crippen LogP contribution is 2.41. The molecule has 2 aliphatic heterocycles. The van der Waals surface area contributed by atoms with Gasteiger partial charge in [-0.15, -0.1) is 0 Å². The van der Waals surface area contributed by atoms with Crippen molar-refractivity contribution in [1.82, 2.24) is 20.4 Å². The molecule has 3 amide bonds. The van der Waals surface area contributed by atoms with E-state index >= 15 is 0 Å². The number of carbonyl (C=O) groups is 4. The second-order valence-corrected chi connectivity index (χ2v) is 14.8. The van der Waals surface area contributed by atoms with Crippen LogP contribution in [0.15, 0.2) is 60.7 Å². The molecule has 272 valence electrons. The highest BCUT2D eigenvalue weighted by atomic mass is 16.2. The maximum atomic E-state index is 14.5. The van der Waals surface area contributed by atoms with Crippen molar-refractivity contribution < 1.29 is 19.2 Å². The first-order valence-electron chi connectivity index (χ1n) is 18.9. The van der Waals surface area contributed by atoms with Crippen LogP contribution in [-0.4, -0.2) is 89.7 Å². The zero-order valence-corrected chi connectivity index (χ0v) is 29.9. The fourth-order valence-corrected chi connectivity index (χ4v) is 8.47. The summed E-state index contributed by atoms with van der Waals surface area (Å²) in [6.07, 6.45) is 8.61. The van der Waals surface area contributed by atoms with Crippen LogP contribution in [0.3, 0.4) is 0 Å². The standard InChI is InChI=1S/C40H58N6O4/c1-2-46-31-19-20-32(46)28-45(27-31)38(49)34(18-10-13-23-41)44-39(50)40(21-11-5-12-22-40)26-36(47)35(25-30-16-8-4-9-17-30)43-37(48)33(42)24-29-14-6-3-7-15-29/h3-4,6-9,14-17,31-35H,2,5,10-13,18-28,41-42H2,1H3,(H,43,48)(H,44,50). The van der Waals surface area contributed by atoms with Crippen LogP contribution in [0, 0.1) is 5.41 Å². The number of nitrogens with two attached hydrogens (primary N) is 2. The third kappa shape index (κ3) is 9.59. The third-order valence-electron chi connectivity index (χ3n) is 11.3. The molecule has 2 aromatic carbocycles. The fourth-order valence-electron chi connectivity index (χ4n) is 8.47. The molecule has 6 N–H and O–H groups in total. The number of rotatable bonds is 17. The highest BCUT2D eigenvalue weighted by Gasteiger charge is 2.46. The number of fused-ring (bicyclic) bond motifs is 2. The molecule has 10 heteroatoms. The van der Waals surface area contributed by atoms with Crippen molar-refractivity contribution in [2.75, 3.05) is 26.2 Å². The number of nitrogens with zero attached hydrogens (tertiary/aromatic N) is 2. The number of likely N-dealkylation sites (tertiary alicyclic amines) is 1. The summed E-state index contributed by atoms with van der Waals surface area (Å²) in [5, 5.41) is 6.16. The van der Waals surface area contributed by atoms with Gasteiger partial charge in [0.15, 0.2) is 5.78 Å². The van der Waals surface area contributed by atoms with Crippen molar-refractivity contribution in [2.45, 2.75) is 121 Å². The van der Waals surface area contributed by atoms with Crippen molar-refractivity contribution in [3.05, 3.63) is 71.8 Å². The maximum absolute atomic E-state index is 14.5. The Morgan fingerprint density at radius 1 is 0.820 bits per heavy atom. The van der Waals surface area contributed by atoms with Gasteiger partial charge in [0.2, 0.25) is 17.7 Å². The van der Waals surface area contributed by atoms with Gasteiger partial charge >= 0.3 is 0 Å². The minimum Gasteiger partial charge on any atom is -0.345 e. The predicted octanol–water partition coefficient (Wildman–Crippen LogP) is 3.50. The summed E-state index contributed by atoms with van der Waals surface area (Å²) >= 11 is 0. The third-order valence-corrected chi connectivity index (χ3v) is 11.3. The van der Waals surface area contributed by atoms with Crippen LogP contribution < -0.4 is 22.1 Å². The van der Waals surface area contributed by atoms with Crippen LogP contribution in [-0.2, 0) is 32.0 Å². The Hall–Kier alpha value is -3.60. The van der Waals surface area contributed by atoms with Gasteiger partial charge in [0, 0.05) is 31.6 Å². The first-order chi connectivity index (χ1) is 24.2. The van der Waals surface area contributed by atoms with E-state index in [2.05, 4.69) is 22.5 Å². The van der Waals surface area contributed by atoms with Crippen molar-refractivity contribution in [2.24, 2.45) is 16.9 Å². The lowest BCUT2D eigenvalue weighted by Gasteiger charge is -2.42. The molecule has 2 aromatic rings. The molecule has 0 aromatic heterocycles. The van der Waals surface area contributed by atoms with E-state index in [1.54, 1.807) is 0 Å². The Morgan fingerprint density at radius 3 is 2.00 bits per heavy atom. The lowest BCUT2D eigenvalue weighted by atomic mass is 9.69. The molecule has 5 rings (SSSR count). The highest BCUT2D eigenvalue weighted by molar-refractivity contribution is 5.96. The Kier molecular flexibility index (Phi) is 13.6. The SMILES string of the molecule is CCN1C2CCC1CN(C(=O)C(CCCCN)NC(=O)C1(CC(=O)C(Cc3ccccc3)NC(=O)C(N)Cc3ccccc3)CCCCC1)C2. The van der Waals surface area contributed by atoms with Gasteiger partial charge in [0.25, 0.3) is 0 Å². The van der Waals surface area contributed by atoms with Crippen molar-refractivity contribution in [1.29, 1.82) is 0 Å². The number of unbranched alkanes of at least 4 members (excludes halogenated alkanes) is 1. The van der Waals surface area contributed by atoms with Gasteiger partial charge in [-0.2, -0.15) is 0 Å². The number of hydrogen-bond donors (Lipinski definition) is 4. The molecule has 5 atom stereocenters. The molecule has 5 unspecified atom stereocenters. The van der Waals surface area contributed by atoms with Crippen LogP contribution in [0.1, 0.15) is 88.7 Å². The zero-order valence-electron chi connectivity index (χ0n) is 29.9. The summed E-state index contributed by atoms with van der Waals surface area (Å²) in [5.74, 6) is -0.836. The Bertz CT molecular complexity index is 1400. The minimum absolute atomic E-state index is 0.00638. The number of hydrogen-bond acceptors (Lipinski definition) is 7. The number of likely N-dealkylation sites (N-methyl/N-ethyl adjacent to an activating group) is 1. The van der Waals surface area contributed by atoms with Gasteiger partial charge in [-0.05, 0) is 82.0 Å². The Balaban J connectivity index is 1.32. The number of piperazine rings is 1. The molecule has 10 nitrogen and oxygen atoms in total. The minimum atomic E-state index is -0.951. The number of amides is 3. The number of ketones is 1. The van der Waals surface area contributed by atoms with Gasteiger partial charge < -0.3 is 27.0 Å². The monoisotopic (exact) mass is 686 g/mol. The molecule has 1 saturated carbocycles. The van der Waals surface area contributed by atoms with E-state index in [0.717, 1.165) is 62.6 Å². The van der Waals surface area contributed by atoms with E-state index in [1.807, 2.05) is 65.6 Å². The lowest BCUT2D eigenvalue weighted by Crippen LogP contribution is -2.60. The van der Waals surface area contributed by atoms with Crippen LogP contribution >= 0.6 is 0 Å². The molecule has 3 aliphatic rings. The molecule has 3 fully saturated rings. The molecule has 1 aliphatic carbocycles. The van der Waals surface area contributed by atoms with Crippen LogP contribution in [0.2, 0.25) is 0 Å². The van der Waals surface area contributed by atoms with E-state index in [1.165, 1.54) is 0 Å². The number of carbonyl (C=O) groups excluding carboxylic acids is 4. The number of benzene rings is 2. The quantitative estimate of drug-likeness (QED) is 0.186. The normalized spacial score (nSPS) is 21.9. The van der Waals surface area contributed by atoms with E-state index in [9.17, 15) is 19.2 Å². The second kappa shape index (κ2) is 18.1. The van der Waals surface area contributed by atoms with E-state index in [0.29, 0.717) is 63.8 Å². The summed E-state index contributed by atoms with van der Waals surface area (Å²) in [4.78, 5) is 60.8. The average Bonchev–Trinajstić information content (AvgIpc) is 3.38. The maximum Gasteiger partial charge on any atom is 0.245 e. The van der Waals surface area contributed by atoms with Crippen molar-refractivity contribution in [3.8, 4) is 0 Å². The summed E-state index contributed by atoms with van der Waals surface area (Å²) in [5.41, 5.74) is 13.1. The molecule has 2 heterocycles. The van der Waals surface area contributed by atoms with Crippen molar-refractivity contribution >= 4 is 23.5 Å². The van der Waals surface area contributed by atoms with E-state index in [-0.39, 0.29) is 24.0 Å². The molecule has 2 bridgehead atoms. The largest absolute Gasteiger partial charge is 0.345 e. The van der Waals surface area contributed by atoms with Crippen LogP contribution in [0.4, 0.5) is 0 Å². The summed E-state index contributed by atoms with van der Waals surface area (Å²) in [6, 6.07) is 17.6. The summed E-state index contributed by atoms with van der Waals surface area (Å²) in [6.45, 7) is 5.05. The molecular weight excluding hydrogens is 628 g/mol. The smallest absolute Gasteiger partial charge is 0.245 e. The van der Waals surface area contributed by atoms with E-state index in [4.69, 9.17) is 11.5 Å². The molecule has 2 saturated heterocycles. The Morgan fingerprint density at radius 2 is 1.42 bits per heavy atom. The Labute approximate surface area is 298 Å². The second-order valence-electron chi connectivity index (χ2n) is 14.8. The summed E-state index contributed by atoms with van der Waals surface area (Å²) < 4.78 is 0. The first-order valence-corrected chi connectivity index (χ1v) is 18.9. The molecule has 0 spiro atoms. The number of nitrogens with one attached hydrogen (secondary N) is 2. The summed E-state index contributed by atoms with van der Waals surface area (Å²) in [7, 11) is 0. The van der Waals surface area contributed by atoms with Gasteiger partial charge in [-0.1, -0.05) is 86.8 Å². The van der Waals surface area contributed by atoms with E-state index < -0.39 is 29.4 Å². The molecule has 50 heavy (non-hydrogen) atoms. The van der Waals surface area contributed by atoms with Crippen molar-refractivity contribution in [3.63, 3.8) is 0 Å². The number of Topliss-reactive ketones (excluding diaryl/α,β-unsaturated/α-hetero) is 1. The topological polar surface area (TPSA) is 151 Å². The van der Waals surface area contributed by atoms with Crippen LogP contribution in [0.25, 0.3) is 0 Å². The van der Waals surface area contributed by atoms with Gasteiger partial charge in [0.1, 0.15) is 6.04 Å². The molecular formula is C40H58N6O4. The fraction of sp³-hybridized carbons (Fsp3) is 0.600. The van der Waals surface area contributed by atoms with Crippen LogP contribution in [0.5, 0.6) is 0 Å². The van der Waals surface area contributed by atoms with Gasteiger partial charge in [0.05, 0.1) is 17.5 Å². The zero-order chi connectivity index (χ0) is 35.5. The van der Waals surface area contributed by atoms with Gasteiger partial charge in [-0.3, -0.25) is 24.1 Å². The molecule has 0 radical (unpaired) electrons. The lowest BCUT2D eigenvalue weighted by molar-refractivity contribution is -0.144. The van der Waals surface area contributed by atoms with Gasteiger partial charge in [-0.25, -0.2) is 0 Å².